The molecule has 0 saturated carbocycles. The van der Waals surface area contributed by atoms with Gasteiger partial charge >= 0.3 is 51.4 Å². The molecule has 1 aromatic carbocycles. The van der Waals surface area contributed by atoms with Crippen molar-refractivity contribution in [1.82, 2.24) is 0 Å². The third kappa shape index (κ3) is 2.71. The van der Waals surface area contributed by atoms with E-state index in [0.717, 1.165) is 16.7 Å². The molecule has 0 fully saturated rings. The number of hydrogen-bond donors (Lipinski definition) is 0. The van der Waals surface area contributed by atoms with Crippen LogP contribution in [0.25, 0.3) is 10.1 Å². The van der Waals surface area contributed by atoms with Gasteiger partial charge in [0.15, 0.2) is 0 Å². The summed E-state index contributed by atoms with van der Waals surface area (Å²) in [5, 5.41) is 1.19. The molecule has 0 aliphatic rings. The van der Waals surface area contributed by atoms with Gasteiger partial charge in [-0.25, -0.2) is 8.42 Å². The normalized spacial score (nSPS) is 11.4. The Morgan fingerprint density at radius 2 is 2.00 bits per heavy atom. The molecule has 0 radical (unpaired) electrons. The van der Waals surface area contributed by atoms with E-state index in [4.69, 9.17) is 11.6 Å². The number of thiophene rings is 1. The summed E-state index contributed by atoms with van der Waals surface area (Å²) in [5.41, 5.74) is 0.479. The largest absolute Gasteiger partial charge is 1.00 e. The van der Waals surface area contributed by atoms with Gasteiger partial charge in [-0.1, -0.05) is 23.7 Å². The van der Waals surface area contributed by atoms with Gasteiger partial charge < -0.3 is 4.55 Å². The van der Waals surface area contributed by atoms with Crippen molar-refractivity contribution in [3.8, 4) is 0 Å². The van der Waals surface area contributed by atoms with Crippen molar-refractivity contribution < 1.29 is 64.4 Å². The number of benzene rings is 1. The van der Waals surface area contributed by atoms with Crippen LogP contribution in [-0.4, -0.2) is 13.0 Å². The Bertz CT molecular complexity index is 633. The first-order valence-corrected chi connectivity index (χ1v) is 6.65. The molecule has 80 valence electrons. The Hall–Kier alpha value is 1.02. The molecule has 0 aliphatic carbocycles. The average Bonchev–Trinajstić information content (AvgIpc) is 2.45. The third-order valence-electron chi connectivity index (χ3n) is 2.10. The van der Waals surface area contributed by atoms with Crippen LogP contribution in [0.1, 0.15) is 5.56 Å². The number of hydrogen-bond acceptors (Lipinski definition) is 4. The van der Waals surface area contributed by atoms with Crippen LogP contribution in [0.4, 0.5) is 0 Å². The summed E-state index contributed by atoms with van der Waals surface area (Å²) < 4.78 is 33.3. The van der Waals surface area contributed by atoms with Crippen LogP contribution in [0.2, 0.25) is 5.02 Å². The van der Waals surface area contributed by atoms with Crippen molar-refractivity contribution in [3.63, 3.8) is 0 Å². The van der Waals surface area contributed by atoms with E-state index < -0.39 is 10.1 Å². The molecule has 7 heteroatoms. The molecule has 1 heterocycles. The molecular formula is C9H6ClKO3S2. The summed E-state index contributed by atoms with van der Waals surface area (Å²) in [5.74, 6) is 0. The first-order valence-electron chi connectivity index (χ1n) is 4.05. The SMILES string of the molecule is Cc1c(S(=O)(=O)[O-])sc2c(Cl)cccc12.[K+]. The Balaban J connectivity index is 0.00000128. The summed E-state index contributed by atoms with van der Waals surface area (Å²) in [6.45, 7) is 1.61. The Labute approximate surface area is 145 Å². The molecule has 0 N–H and O–H groups in total. The van der Waals surface area contributed by atoms with Gasteiger partial charge in [0.25, 0.3) is 0 Å². The predicted molar refractivity (Wildman–Crippen MR) is 59.5 cm³/mol. The van der Waals surface area contributed by atoms with Crippen LogP contribution in [0.3, 0.4) is 0 Å². The van der Waals surface area contributed by atoms with Gasteiger partial charge in [0.05, 0.1) is 9.72 Å². The number of halogens is 1. The minimum Gasteiger partial charge on any atom is -0.743 e. The summed E-state index contributed by atoms with van der Waals surface area (Å²) in [7, 11) is -4.40. The Morgan fingerprint density at radius 1 is 1.38 bits per heavy atom. The number of rotatable bonds is 1. The maximum atomic E-state index is 10.9. The minimum atomic E-state index is -4.40. The van der Waals surface area contributed by atoms with Crippen LogP contribution >= 0.6 is 22.9 Å². The van der Waals surface area contributed by atoms with E-state index in [1.165, 1.54) is 0 Å². The van der Waals surface area contributed by atoms with Crippen molar-refractivity contribution in [2.75, 3.05) is 0 Å². The molecule has 0 unspecified atom stereocenters. The summed E-state index contributed by atoms with van der Waals surface area (Å²) in [4.78, 5) is 0. The topological polar surface area (TPSA) is 57.2 Å². The van der Waals surface area contributed by atoms with Crippen molar-refractivity contribution in [2.24, 2.45) is 0 Å². The molecule has 2 aromatic rings. The summed E-state index contributed by atoms with van der Waals surface area (Å²) in [6, 6.07) is 5.15. The van der Waals surface area contributed by atoms with Crippen molar-refractivity contribution in [2.45, 2.75) is 11.1 Å². The van der Waals surface area contributed by atoms with Gasteiger partial charge in [-0.15, -0.1) is 11.3 Å². The molecule has 0 amide bonds. The average molecular weight is 301 g/mol. The van der Waals surface area contributed by atoms with E-state index in [1.54, 1.807) is 25.1 Å². The van der Waals surface area contributed by atoms with Gasteiger partial charge in [0.2, 0.25) is 0 Å². The maximum Gasteiger partial charge on any atom is 1.00 e. The third-order valence-corrected chi connectivity index (χ3v) is 5.28. The second-order valence-corrected chi connectivity index (χ2v) is 6.09. The first kappa shape index (κ1) is 15.1. The first-order chi connectivity index (χ1) is 6.91. The van der Waals surface area contributed by atoms with Gasteiger partial charge in [-0.05, 0) is 23.9 Å². The Kier molecular flexibility index (Phi) is 5.03. The molecule has 0 aliphatic heterocycles. The zero-order chi connectivity index (χ0) is 11.2. The molecular weight excluding hydrogens is 295 g/mol. The van der Waals surface area contributed by atoms with Gasteiger partial charge in [-0.3, -0.25) is 0 Å². The molecule has 0 bridgehead atoms. The molecule has 0 atom stereocenters. The van der Waals surface area contributed by atoms with E-state index in [9.17, 15) is 13.0 Å². The Morgan fingerprint density at radius 3 is 2.50 bits per heavy atom. The van der Waals surface area contributed by atoms with E-state index >= 15 is 0 Å². The van der Waals surface area contributed by atoms with Crippen molar-refractivity contribution in [3.05, 3.63) is 28.8 Å². The van der Waals surface area contributed by atoms with E-state index in [-0.39, 0.29) is 55.6 Å². The number of fused-ring (bicyclic) bond motifs is 1. The fourth-order valence-electron chi connectivity index (χ4n) is 1.43. The van der Waals surface area contributed by atoms with Crippen molar-refractivity contribution >= 4 is 43.1 Å². The van der Waals surface area contributed by atoms with E-state index in [0.29, 0.717) is 15.3 Å². The van der Waals surface area contributed by atoms with Gasteiger partial charge in [0.1, 0.15) is 14.3 Å². The molecule has 0 spiro atoms. The molecule has 0 saturated heterocycles. The van der Waals surface area contributed by atoms with E-state index in [2.05, 4.69) is 0 Å². The van der Waals surface area contributed by atoms with Crippen LogP contribution in [-0.2, 0) is 10.1 Å². The minimum absolute atomic E-state index is 0. The van der Waals surface area contributed by atoms with Gasteiger partial charge in [-0.2, -0.15) is 0 Å². The second kappa shape index (κ2) is 5.34. The van der Waals surface area contributed by atoms with Crippen LogP contribution in [0.5, 0.6) is 0 Å². The van der Waals surface area contributed by atoms with Crippen molar-refractivity contribution in [1.29, 1.82) is 0 Å². The maximum absolute atomic E-state index is 10.9. The fraction of sp³-hybridized carbons (Fsp3) is 0.111. The monoisotopic (exact) mass is 300 g/mol. The number of aryl methyl sites for hydroxylation is 1. The quantitative estimate of drug-likeness (QED) is 0.540. The standard InChI is InChI=1S/C9H7ClO3S2.K/c1-5-6-3-2-4-7(10)8(6)14-9(5)15(11,12)13;/h2-4H,1H3,(H,11,12,13);/q;+1/p-1. The summed E-state index contributed by atoms with van der Waals surface area (Å²) >= 11 is 6.83. The van der Waals surface area contributed by atoms with Crippen LogP contribution < -0.4 is 51.4 Å². The molecule has 1 aromatic heterocycles. The van der Waals surface area contributed by atoms with E-state index in [1.807, 2.05) is 0 Å². The smallest absolute Gasteiger partial charge is 0.743 e. The second-order valence-electron chi connectivity index (χ2n) is 3.09. The zero-order valence-corrected chi connectivity index (χ0v) is 14.2. The van der Waals surface area contributed by atoms with Crippen LogP contribution in [0, 0.1) is 6.92 Å². The van der Waals surface area contributed by atoms with Gasteiger partial charge in [0, 0.05) is 0 Å². The molecule has 16 heavy (non-hydrogen) atoms. The summed E-state index contributed by atoms with van der Waals surface area (Å²) in [6.07, 6.45) is 0. The van der Waals surface area contributed by atoms with Crippen LogP contribution in [0.15, 0.2) is 22.4 Å². The molecule has 2 rings (SSSR count). The predicted octanol–water partition coefficient (Wildman–Crippen LogP) is -0.229. The zero-order valence-electron chi connectivity index (χ0n) is 8.65. The molecule has 3 nitrogen and oxygen atoms in total. The fourth-order valence-corrected chi connectivity index (χ4v) is 3.80.